The predicted molar refractivity (Wildman–Crippen MR) is 101 cm³/mol. The first-order valence-corrected chi connectivity index (χ1v) is 8.84. The molecule has 0 aliphatic heterocycles. The van der Waals surface area contributed by atoms with E-state index in [9.17, 15) is 9.59 Å². The van der Waals surface area contributed by atoms with Crippen molar-refractivity contribution in [2.75, 3.05) is 26.4 Å². The number of aliphatic carboxylic acids is 2. The van der Waals surface area contributed by atoms with Gasteiger partial charge in [0.15, 0.2) is 0 Å². The summed E-state index contributed by atoms with van der Waals surface area (Å²) in [5.41, 5.74) is -1.11. The molecule has 0 fully saturated rings. The van der Waals surface area contributed by atoms with Crippen LogP contribution in [0.1, 0.15) is 39.5 Å². The highest BCUT2D eigenvalue weighted by atomic mass is 32.1. The molecule has 8 nitrogen and oxygen atoms in total. The van der Waals surface area contributed by atoms with Crippen LogP contribution in [0.25, 0.3) is 0 Å². The van der Waals surface area contributed by atoms with Crippen molar-refractivity contribution in [3.63, 3.8) is 0 Å². The molecule has 0 heterocycles. The molecule has 0 aliphatic rings. The molecule has 0 saturated heterocycles. The van der Waals surface area contributed by atoms with Crippen LogP contribution in [0.15, 0.2) is 0 Å². The number of carbonyl (C=O) groups is 2. The number of carboxylic acid groups (broad SMARTS) is 2. The third kappa shape index (κ3) is 19.7. The van der Waals surface area contributed by atoms with Crippen LogP contribution in [0.3, 0.4) is 0 Å². The first-order valence-electron chi connectivity index (χ1n) is 7.81. The summed E-state index contributed by atoms with van der Waals surface area (Å²) < 4.78 is 0. The fraction of sp³-hybridized carbons (Fsp3) is 0.867. The Morgan fingerprint density at radius 3 is 1.04 bits per heavy atom. The van der Waals surface area contributed by atoms with E-state index in [2.05, 4.69) is 25.3 Å². The Morgan fingerprint density at radius 2 is 1.00 bits per heavy atom. The van der Waals surface area contributed by atoms with Gasteiger partial charge in [0.1, 0.15) is 0 Å². The summed E-state index contributed by atoms with van der Waals surface area (Å²) >= 11 is 7.98. The number of aliphatic hydroxyl groups is 4. The fourth-order valence-electron chi connectivity index (χ4n) is 0.992. The van der Waals surface area contributed by atoms with E-state index < -0.39 is 43.8 Å². The lowest BCUT2D eigenvalue weighted by molar-refractivity contribution is -0.138. The first kappa shape index (κ1) is 29.3. The van der Waals surface area contributed by atoms with Crippen LogP contribution in [-0.4, -0.2) is 79.5 Å². The summed E-state index contributed by atoms with van der Waals surface area (Å²) in [4.78, 5) is 19.8. The fourth-order valence-corrected chi connectivity index (χ4v) is 1.30. The summed E-state index contributed by atoms with van der Waals surface area (Å²) in [6.07, 6.45) is 1.96. The second-order valence-corrected chi connectivity index (χ2v) is 6.91. The molecule has 0 rings (SSSR count). The van der Waals surface area contributed by atoms with Crippen LogP contribution < -0.4 is 0 Å². The summed E-state index contributed by atoms with van der Waals surface area (Å²) in [7, 11) is 0. The zero-order valence-corrected chi connectivity index (χ0v) is 16.5. The van der Waals surface area contributed by atoms with Crippen LogP contribution in [0, 0.1) is 5.41 Å². The van der Waals surface area contributed by atoms with Crippen molar-refractivity contribution in [3.05, 3.63) is 0 Å². The Morgan fingerprint density at radius 1 is 0.760 bits per heavy atom. The molecule has 0 aromatic heterocycles. The van der Waals surface area contributed by atoms with Gasteiger partial charge >= 0.3 is 11.9 Å². The van der Waals surface area contributed by atoms with Gasteiger partial charge in [0, 0.05) is 10.5 Å². The normalized spacial score (nSPS) is 12.8. The van der Waals surface area contributed by atoms with Crippen molar-refractivity contribution in [2.45, 2.75) is 50.0 Å². The maximum atomic E-state index is 9.92. The van der Waals surface area contributed by atoms with E-state index in [0.717, 1.165) is 12.8 Å². The minimum Gasteiger partial charge on any atom is -0.481 e. The van der Waals surface area contributed by atoms with Gasteiger partial charge in [0.2, 0.25) is 0 Å². The van der Waals surface area contributed by atoms with E-state index in [1.54, 1.807) is 0 Å². The molecule has 0 amide bonds. The van der Waals surface area contributed by atoms with Crippen LogP contribution in [-0.2, 0) is 9.59 Å². The molecule has 10 heteroatoms. The SMILES string of the molecule is CCC(S)CC(=O)O.CCC(S)CC(=O)O.OCC(CO)(CO)CO. The van der Waals surface area contributed by atoms with E-state index in [4.69, 9.17) is 30.6 Å². The molecule has 0 radical (unpaired) electrons. The van der Waals surface area contributed by atoms with Crippen LogP contribution in [0.5, 0.6) is 0 Å². The highest BCUT2D eigenvalue weighted by Crippen LogP contribution is 2.11. The maximum absolute atomic E-state index is 9.92. The van der Waals surface area contributed by atoms with Crippen LogP contribution >= 0.6 is 25.3 Å². The zero-order chi connectivity index (χ0) is 20.5. The summed E-state index contributed by atoms with van der Waals surface area (Å²) in [6, 6.07) is 0. The Bertz CT molecular complexity index is 298. The molecule has 2 atom stereocenters. The first-order chi connectivity index (χ1) is 11.6. The van der Waals surface area contributed by atoms with Gasteiger partial charge in [0.05, 0.1) is 44.7 Å². The molecule has 0 aromatic carbocycles. The summed E-state index contributed by atoms with van der Waals surface area (Å²) in [5.74, 6) is -1.54. The van der Waals surface area contributed by atoms with E-state index >= 15 is 0 Å². The van der Waals surface area contributed by atoms with Gasteiger partial charge in [-0.25, -0.2) is 0 Å². The lowest BCUT2D eigenvalue weighted by Crippen LogP contribution is -2.37. The molecular weight excluding hydrogens is 372 g/mol. The average molecular weight is 405 g/mol. The number of thiol groups is 2. The third-order valence-electron chi connectivity index (χ3n) is 3.10. The van der Waals surface area contributed by atoms with E-state index in [-0.39, 0.29) is 23.3 Å². The van der Waals surface area contributed by atoms with Crippen LogP contribution in [0.4, 0.5) is 0 Å². The predicted octanol–water partition coefficient (Wildman–Crippen LogP) is 0.281. The molecule has 25 heavy (non-hydrogen) atoms. The Kier molecular flexibility index (Phi) is 21.4. The molecule has 0 aromatic rings. The number of carboxylic acids is 2. The van der Waals surface area contributed by atoms with E-state index in [1.807, 2.05) is 13.8 Å². The van der Waals surface area contributed by atoms with Gasteiger partial charge in [-0.3, -0.25) is 9.59 Å². The minimum absolute atomic E-state index is 0.0208. The molecule has 0 bridgehead atoms. The van der Waals surface area contributed by atoms with Crippen molar-refractivity contribution >= 4 is 37.2 Å². The quantitative estimate of drug-likeness (QED) is 0.241. The zero-order valence-electron chi connectivity index (χ0n) is 14.7. The highest BCUT2D eigenvalue weighted by molar-refractivity contribution is 7.81. The van der Waals surface area contributed by atoms with Gasteiger partial charge < -0.3 is 30.6 Å². The molecule has 152 valence electrons. The second kappa shape index (κ2) is 18.3. The second-order valence-electron chi connectivity index (χ2n) is 5.45. The number of aliphatic hydroxyl groups excluding tert-OH is 4. The smallest absolute Gasteiger partial charge is 0.304 e. The van der Waals surface area contributed by atoms with Gasteiger partial charge in [-0.05, 0) is 12.8 Å². The largest absolute Gasteiger partial charge is 0.481 e. The number of rotatable bonds is 10. The van der Waals surface area contributed by atoms with Crippen molar-refractivity contribution in [3.8, 4) is 0 Å². The van der Waals surface area contributed by atoms with Gasteiger partial charge in [-0.15, -0.1) is 0 Å². The summed E-state index contributed by atoms with van der Waals surface area (Å²) in [6.45, 7) is 2.21. The number of hydrogen-bond donors (Lipinski definition) is 8. The van der Waals surface area contributed by atoms with E-state index in [0.29, 0.717) is 0 Å². The van der Waals surface area contributed by atoms with Crippen molar-refractivity contribution in [2.24, 2.45) is 5.41 Å². The molecule has 0 aliphatic carbocycles. The molecule has 2 unspecified atom stereocenters. The highest BCUT2D eigenvalue weighted by Gasteiger charge is 2.26. The molecular formula is C15H32O8S2. The van der Waals surface area contributed by atoms with E-state index in [1.165, 1.54) is 0 Å². The van der Waals surface area contributed by atoms with Crippen LogP contribution in [0.2, 0.25) is 0 Å². The Hall–Kier alpha value is -0.520. The Balaban J connectivity index is -0.000000291. The average Bonchev–Trinajstić information content (AvgIpc) is 2.57. The van der Waals surface area contributed by atoms with Crippen molar-refractivity contribution in [1.82, 2.24) is 0 Å². The maximum Gasteiger partial charge on any atom is 0.304 e. The van der Waals surface area contributed by atoms with Crippen molar-refractivity contribution < 1.29 is 40.2 Å². The standard InChI is InChI=1S/C5H12O4.2C5H10O2S/c6-1-5(2-7,3-8)4-9;2*1-2-4(8)3-5(6)7/h6-9H,1-4H2;2*4,8H,2-3H2,1H3,(H,6,7). The third-order valence-corrected chi connectivity index (χ3v) is 4.20. The minimum atomic E-state index is -1.11. The molecule has 0 spiro atoms. The number of hydrogen-bond acceptors (Lipinski definition) is 8. The van der Waals surface area contributed by atoms with Gasteiger partial charge in [-0.2, -0.15) is 25.3 Å². The molecule has 6 N–H and O–H groups in total. The topological polar surface area (TPSA) is 156 Å². The summed E-state index contributed by atoms with van der Waals surface area (Å²) in [5, 5.41) is 50.4. The van der Waals surface area contributed by atoms with Crippen molar-refractivity contribution in [1.29, 1.82) is 0 Å². The molecule has 0 saturated carbocycles. The van der Waals surface area contributed by atoms with Gasteiger partial charge in [0.25, 0.3) is 0 Å². The van der Waals surface area contributed by atoms with Gasteiger partial charge in [-0.1, -0.05) is 13.8 Å². The Labute approximate surface area is 159 Å². The monoisotopic (exact) mass is 404 g/mol. The lowest BCUT2D eigenvalue weighted by atomic mass is 9.93. The lowest BCUT2D eigenvalue weighted by Gasteiger charge is -2.23.